The average Bonchev–Trinajstić information content (AvgIpc) is 2.76. The monoisotopic (exact) mass is 216 g/mol. The summed E-state index contributed by atoms with van der Waals surface area (Å²) in [5.41, 5.74) is 8.62. The first-order valence-corrected chi connectivity index (χ1v) is 6.14. The van der Waals surface area contributed by atoms with Crippen LogP contribution in [0.5, 0.6) is 0 Å². The van der Waals surface area contributed by atoms with Crippen LogP contribution in [0.1, 0.15) is 44.2 Å². The average molecular weight is 216 g/mol. The predicted molar refractivity (Wildman–Crippen MR) is 69.4 cm³/mol. The Morgan fingerprint density at radius 2 is 2.12 bits per heavy atom. The van der Waals surface area contributed by atoms with Gasteiger partial charge in [0.15, 0.2) is 0 Å². The number of benzene rings is 1. The van der Waals surface area contributed by atoms with E-state index in [9.17, 15) is 0 Å². The summed E-state index contributed by atoms with van der Waals surface area (Å²) in [7, 11) is 0. The number of aromatic nitrogens is 1. The van der Waals surface area contributed by atoms with Gasteiger partial charge in [0.25, 0.3) is 0 Å². The molecule has 0 fully saturated rings. The number of aromatic amines is 1. The first-order chi connectivity index (χ1) is 7.81. The molecule has 3 N–H and O–H groups in total. The Kier molecular flexibility index (Phi) is 3.62. The van der Waals surface area contributed by atoms with E-state index in [0.29, 0.717) is 0 Å². The summed E-state index contributed by atoms with van der Waals surface area (Å²) in [6.07, 6.45) is 6.81. The van der Waals surface area contributed by atoms with Gasteiger partial charge >= 0.3 is 0 Å². The Morgan fingerprint density at radius 1 is 1.25 bits per heavy atom. The first kappa shape index (κ1) is 11.2. The van der Waals surface area contributed by atoms with Gasteiger partial charge in [0.05, 0.1) is 0 Å². The molecule has 2 rings (SSSR count). The molecule has 0 saturated carbocycles. The molecule has 1 heterocycles. The van der Waals surface area contributed by atoms with Crippen LogP contribution in [0.3, 0.4) is 0 Å². The number of nitrogens with one attached hydrogen (secondary N) is 1. The van der Waals surface area contributed by atoms with E-state index in [4.69, 9.17) is 5.73 Å². The van der Waals surface area contributed by atoms with Crippen LogP contribution in [-0.4, -0.2) is 4.98 Å². The van der Waals surface area contributed by atoms with Gasteiger partial charge in [-0.25, -0.2) is 0 Å². The molecule has 2 nitrogen and oxygen atoms in total. The predicted octanol–water partition coefficient (Wildman–Crippen LogP) is 3.75. The molecule has 0 saturated heterocycles. The molecule has 2 aromatic rings. The van der Waals surface area contributed by atoms with Gasteiger partial charge in [-0.1, -0.05) is 32.3 Å². The van der Waals surface area contributed by atoms with E-state index in [0.717, 1.165) is 6.42 Å². The lowest BCUT2D eigenvalue weighted by atomic mass is 10.0. The summed E-state index contributed by atoms with van der Waals surface area (Å²) in [6.45, 7) is 2.22. The highest BCUT2D eigenvalue weighted by molar-refractivity contribution is 5.80. The molecular weight excluding hydrogens is 196 g/mol. The lowest BCUT2D eigenvalue weighted by Crippen LogP contribution is -2.09. The van der Waals surface area contributed by atoms with Crippen molar-refractivity contribution >= 4 is 10.9 Å². The summed E-state index contributed by atoms with van der Waals surface area (Å²) in [5, 5.41) is 1.25. The zero-order chi connectivity index (χ0) is 11.4. The fraction of sp³-hybridized carbons (Fsp3) is 0.429. The van der Waals surface area contributed by atoms with Crippen molar-refractivity contribution < 1.29 is 0 Å². The van der Waals surface area contributed by atoms with Crippen molar-refractivity contribution in [3.8, 4) is 0 Å². The van der Waals surface area contributed by atoms with Gasteiger partial charge in [0.1, 0.15) is 0 Å². The number of nitrogens with two attached hydrogens (primary N) is 1. The van der Waals surface area contributed by atoms with Gasteiger partial charge < -0.3 is 10.7 Å². The number of hydrogen-bond acceptors (Lipinski definition) is 1. The van der Waals surface area contributed by atoms with Crippen LogP contribution < -0.4 is 5.73 Å². The largest absolute Gasteiger partial charge is 0.361 e. The van der Waals surface area contributed by atoms with Crippen LogP contribution in [0.15, 0.2) is 30.5 Å². The molecule has 0 aliphatic carbocycles. The minimum Gasteiger partial charge on any atom is -0.361 e. The lowest BCUT2D eigenvalue weighted by Gasteiger charge is -2.11. The van der Waals surface area contributed by atoms with Gasteiger partial charge in [-0.2, -0.15) is 0 Å². The Bertz CT molecular complexity index is 445. The smallest absolute Gasteiger partial charge is 0.0454 e. The van der Waals surface area contributed by atoms with Crippen molar-refractivity contribution in [3.05, 3.63) is 36.0 Å². The van der Waals surface area contributed by atoms with Crippen molar-refractivity contribution in [1.82, 2.24) is 4.98 Å². The Balaban J connectivity index is 2.07. The molecule has 0 unspecified atom stereocenters. The minimum absolute atomic E-state index is 0.186. The third-order valence-electron chi connectivity index (χ3n) is 3.12. The molecular formula is C14H20N2. The van der Waals surface area contributed by atoms with Crippen molar-refractivity contribution in [2.75, 3.05) is 0 Å². The second-order valence-electron chi connectivity index (χ2n) is 4.43. The normalized spacial score (nSPS) is 13.1. The van der Waals surface area contributed by atoms with E-state index < -0.39 is 0 Å². The molecule has 1 aromatic heterocycles. The molecule has 86 valence electrons. The highest BCUT2D eigenvalue weighted by Crippen LogP contribution is 2.21. The Labute approximate surface area is 96.9 Å². The SMILES string of the molecule is CCCCC[C@@H](N)c1ccc2[nH]ccc2c1. The number of H-pyrrole nitrogens is 1. The molecule has 0 aliphatic rings. The number of unbranched alkanes of at least 4 members (excludes halogenated alkanes) is 2. The zero-order valence-electron chi connectivity index (χ0n) is 9.87. The molecule has 0 spiro atoms. The Morgan fingerprint density at radius 3 is 2.94 bits per heavy atom. The second-order valence-corrected chi connectivity index (χ2v) is 4.43. The van der Waals surface area contributed by atoms with Gasteiger partial charge in [0.2, 0.25) is 0 Å². The van der Waals surface area contributed by atoms with Gasteiger partial charge in [-0.3, -0.25) is 0 Å². The maximum atomic E-state index is 6.19. The topological polar surface area (TPSA) is 41.8 Å². The van der Waals surface area contributed by atoms with E-state index in [1.807, 2.05) is 6.20 Å². The van der Waals surface area contributed by atoms with E-state index >= 15 is 0 Å². The first-order valence-electron chi connectivity index (χ1n) is 6.14. The molecule has 0 amide bonds. The fourth-order valence-corrected chi connectivity index (χ4v) is 2.08. The summed E-state index contributed by atoms with van der Waals surface area (Å²) in [6, 6.07) is 8.73. The molecule has 0 bridgehead atoms. The highest BCUT2D eigenvalue weighted by atomic mass is 14.7. The molecule has 1 aromatic carbocycles. The van der Waals surface area contributed by atoms with Crippen LogP contribution >= 0.6 is 0 Å². The maximum Gasteiger partial charge on any atom is 0.0454 e. The standard InChI is InChI=1S/C14H20N2/c1-2-3-4-5-13(15)11-6-7-14-12(10-11)8-9-16-14/h6-10,13,16H,2-5,15H2,1H3/t13-/m1/s1. The molecule has 1 atom stereocenters. The van der Waals surface area contributed by atoms with Crippen molar-refractivity contribution in [1.29, 1.82) is 0 Å². The highest BCUT2D eigenvalue weighted by Gasteiger charge is 2.06. The zero-order valence-corrected chi connectivity index (χ0v) is 9.87. The van der Waals surface area contributed by atoms with Gasteiger partial charge in [-0.05, 0) is 35.6 Å². The second kappa shape index (κ2) is 5.17. The molecule has 0 aliphatic heterocycles. The molecule has 16 heavy (non-hydrogen) atoms. The third kappa shape index (κ3) is 2.45. The quantitative estimate of drug-likeness (QED) is 0.734. The Hall–Kier alpha value is -1.28. The van der Waals surface area contributed by atoms with Gasteiger partial charge in [0, 0.05) is 17.8 Å². The van der Waals surface area contributed by atoms with Crippen molar-refractivity contribution in [3.63, 3.8) is 0 Å². The summed E-state index contributed by atoms with van der Waals surface area (Å²) < 4.78 is 0. The summed E-state index contributed by atoms with van der Waals surface area (Å²) in [5.74, 6) is 0. The molecule has 0 radical (unpaired) electrons. The fourth-order valence-electron chi connectivity index (χ4n) is 2.08. The summed E-state index contributed by atoms with van der Waals surface area (Å²) >= 11 is 0. The van der Waals surface area contributed by atoms with E-state index in [1.54, 1.807) is 0 Å². The minimum atomic E-state index is 0.186. The van der Waals surface area contributed by atoms with Gasteiger partial charge in [-0.15, -0.1) is 0 Å². The van der Waals surface area contributed by atoms with E-state index in [-0.39, 0.29) is 6.04 Å². The van der Waals surface area contributed by atoms with Crippen LogP contribution in [-0.2, 0) is 0 Å². The third-order valence-corrected chi connectivity index (χ3v) is 3.12. The lowest BCUT2D eigenvalue weighted by molar-refractivity contribution is 0.581. The number of hydrogen-bond donors (Lipinski definition) is 2. The maximum absolute atomic E-state index is 6.19. The molecule has 2 heteroatoms. The van der Waals surface area contributed by atoms with Crippen LogP contribution in [0.2, 0.25) is 0 Å². The van der Waals surface area contributed by atoms with Crippen LogP contribution in [0, 0.1) is 0 Å². The van der Waals surface area contributed by atoms with Crippen LogP contribution in [0.25, 0.3) is 10.9 Å². The van der Waals surface area contributed by atoms with Crippen molar-refractivity contribution in [2.45, 2.75) is 38.6 Å². The number of fused-ring (bicyclic) bond motifs is 1. The van der Waals surface area contributed by atoms with E-state index in [1.165, 1.54) is 35.7 Å². The van der Waals surface area contributed by atoms with Crippen molar-refractivity contribution in [2.24, 2.45) is 5.73 Å². The van der Waals surface area contributed by atoms with E-state index in [2.05, 4.69) is 36.2 Å². The summed E-state index contributed by atoms with van der Waals surface area (Å²) in [4.78, 5) is 3.20. The number of rotatable bonds is 5. The van der Waals surface area contributed by atoms with Crippen LogP contribution in [0.4, 0.5) is 0 Å².